The molecular formula is C21H26O4. The van der Waals surface area contributed by atoms with Gasteiger partial charge in [-0.1, -0.05) is 49.6 Å². The summed E-state index contributed by atoms with van der Waals surface area (Å²) >= 11 is 0. The van der Waals surface area contributed by atoms with E-state index in [0.29, 0.717) is 6.42 Å². The summed E-state index contributed by atoms with van der Waals surface area (Å²) in [5.41, 5.74) is 1.49. The van der Waals surface area contributed by atoms with E-state index in [4.69, 9.17) is 0 Å². The topological polar surface area (TPSA) is 77.8 Å². The van der Waals surface area contributed by atoms with Crippen molar-refractivity contribution in [3.63, 3.8) is 0 Å². The van der Waals surface area contributed by atoms with Crippen LogP contribution in [0.5, 0.6) is 11.5 Å². The van der Waals surface area contributed by atoms with E-state index in [-0.39, 0.29) is 29.3 Å². The molecule has 0 bridgehead atoms. The van der Waals surface area contributed by atoms with Gasteiger partial charge in [0.1, 0.15) is 11.5 Å². The first-order valence-electron chi connectivity index (χ1n) is 8.83. The number of aryl methyl sites for hydroxylation is 1. The molecule has 0 amide bonds. The van der Waals surface area contributed by atoms with Crippen molar-refractivity contribution in [3.8, 4) is 11.5 Å². The summed E-state index contributed by atoms with van der Waals surface area (Å²) < 4.78 is 0. The van der Waals surface area contributed by atoms with Crippen molar-refractivity contribution in [3.05, 3.63) is 59.7 Å². The number of aliphatic hydroxyl groups excluding tert-OH is 1. The van der Waals surface area contributed by atoms with Gasteiger partial charge in [0, 0.05) is 12.5 Å². The maximum absolute atomic E-state index is 12.1. The molecule has 0 saturated heterocycles. The van der Waals surface area contributed by atoms with Crippen molar-refractivity contribution in [1.29, 1.82) is 0 Å². The Labute approximate surface area is 148 Å². The van der Waals surface area contributed by atoms with Crippen LogP contribution in [0.3, 0.4) is 0 Å². The Balaban J connectivity index is 1.62. The highest BCUT2D eigenvalue weighted by molar-refractivity contribution is 5.99. The number of hydrogen-bond donors (Lipinski definition) is 3. The molecule has 3 N–H and O–H groups in total. The van der Waals surface area contributed by atoms with E-state index >= 15 is 0 Å². The van der Waals surface area contributed by atoms with Crippen molar-refractivity contribution in [2.75, 3.05) is 0 Å². The Kier molecular flexibility index (Phi) is 7.48. The van der Waals surface area contributed by atoms with Gasteiger partial charge in [0.15, 0.2) is 5.78 Å². The van der Waals surface area contributed by atoms with Gasteiger partial charge in [0.25, 0.3) is 0 Å². The molecule has 134 valence electrons. The lowest BCUT2D eigenvalue weighted by molar-refractivity contribution is 0.0861. The van der Waals surface area contributed by atoms with E-state index in [9.17, 15) is 20.1 Å². The number of phenols is 2. The van der Waals surface area contributed by atoms with Crippen LogP contribution < -0.4 is 0 Å². The zero-order chi connectivity index (χ0) is 18.1. The van der Waals surface area contributed by atoms with Gasteiger partial charge in [-0.15, -0.1) is 0 Å². The second kappa shape index (κ2) is 9.84. The number of carbonyl (C=O) groups excluding carboxylic acids is 1. The van der Waals surface area contributed by atoms with Gasteiger partial charge >= 0.3 is 0 Å². The predicted octanol–water partition coefficient (Wildman–Crippen LogP) is 4.22. The molecular weight excluding hydrogens is 316 g/mol. The lowest BCUT2D eigenvalue weighted by atomic mass is 9.99. The Hall–Kier alpha value is -2.33. The standard InChI is InChI=1S/C21H26O4/c22-17(14-20(24)19-13-12-18(23)15-21(19)25)11-7-2-1-4-8-16-9-5-3-6-10-16/h3,5-6,9-10,12-13,15,17,22-23,25H,1-2,4,7-8,11,14H2. The molecule has 0 aliphatic carbocycles. The third-order valence-corrected chi connectivity index (χ3v) is 4.30. The van der Waals surface area contributed by atoms with Crippen molar-refractivity contribution in [2.24, 2.45) is 0 Å². The van der Waals surface area contributed by atoms with Crippen LogP contribution in [0.25, 0.3) is 0 Å². The van der Waals surface area contributed by atoms with Crippen molar-refractivity contribution in [2.45, 2.75) is 51.0 Å². The largest absolute Gasteiger partial charge is 0.508 e. The maximum atomic E-state index is 12.1. The number of rotatable bonds is 10. The number of ketones is 1. The molecule has 0 heterocycles. The normalized spacial score (nSPS) is 12.0. The van der Waals surface area contributed by atoms with Gasteiger partial charge in [-0.25, -0.2) is 0 Å². The van der Waals surface area contributed by atoms with E-state index in [0.717, 1.165) is 38.2 Å². The van der Waals surface area contributed by atoms with Gasteiger partial charge < -0.3 is 15.3 Å². The highest BCUT2D eigenvalue weighted by Gasteiger charge is 2.16. The number of hydrogen-bond acceptors (Lipinski definition) is 4. The Morgan fingerprint density at radius 1 is 0.920 bits per heavy atom. The van der Waals surface area contributed by atoms with E-state index in [2.05, 4.69) is 24.3 Å². The molecule has 0 fully saturated rings. The summed E-state index contributed by atoms with van der Waals surface area (Å²) in [6.07, 6.45) is 5.08. The van der Waals surface area contributed by atoms with Gasteiger partial charge in [-0.05, 0) is 37.0 Å². The number of aromatic hydroxyl groups is 2. The molecule has 0 aromatic heterocycles. The summed E-state index contributed by atoms with van der Waals surface area (Å²) in [5.74, 6) is -0.655. The molecule has 0 aliphatic rings. The molecule has 2 rings (SSSR count). The summed E-state index contributed by atoms with van der Waals surface area (Å²) in [6, 6.07) is 14.2. The van der Waals surface area contributed by atoms with E-state index in [1.165, 1.54) is 17.7 Å². The molecule has 0 spiro atoms. The third-order valence-electron chi connectivity index (χ3n) is 4.30. The van der Waals surface area contributed by atoms with E-state index < -0.39 is 6.10 Å². The first-order valence-corrected chi connectivity index (χ1v) is 8.83. The molecule has 2 aromatic carbocycles. The number of benzene rings is 2. The molecule has 4 heteroatoms. The Morgan fingerprint density at radius 3 is 2.36 bits per heavy atom. The highest BCUT2D eigenvalue weighted by Crippen LogP contribution is 2.24. The van der Waals surface area contributed by atoms with Crippen molar-refractivity contribution < 1.29 is 20.1 Å². The Morgan fingerprint density at radius 2 is 1.64 bits per heavy atom. The molecule has 1 unspecified atom stereocenters. The van der Waals surface area contributed by atoms with Gasteiger partial charge in [-0.3, -0.25) is 4.79 Å². The average molecular weight is 342 g/mol. The molecule has 0 radical (unpaired) electrons. The molecule has 25 heavy (non-hydrogen) atoms. The number of carbonyl (C=O) groups is 1. The molecule has 4 nitrogen and oxygen atoms in total. The van der Waals surface area contributed by atoms with E-state index in [1.54, 1.807) is 0 Å². The smallest absolute Gasteiger partial charge is 0.169 e. The molecule has 0 aliphatic heterocycles. The molecule has 2 aromatic rings. The van der Waals surface area contributed by atoms with Crippen LogP contribution in [0.4, 0.5) is 0 Å². The second-order valence-corrected chi connectivity index (χ2v) is 6.42. The van der Waals surface area contributed by atoms with Crippen LogP contribution >= 0.6 is 0 Å². The fraction of sp³-hybridized carbons (Fsp3) is 0.381. The SMILES string of the molecule is O=C(CC(O)CCCCCCc1ccccc1)c1ccc(O)cc1O. The summed E-state index contributed by atoms with van der Waals surface area (Å²) in [4.78, 5) is 12.1. The van der Waals surface area contributed by atoms with Gasteiger partial charge in [0.05, 0.1) is 11.7 Å². The lowest BCUT2D eigenvalue weighted by Gasteiger charge is -2.10. The summed E-state index contributed by atoms with van der Waals surface area (Å²) in [6.45, 7) is 0. The molecule has 0 saturated carbocycles. The zero-order valence-electron chi connectivity index (χ0n) is 14.4. The monoisotopic (exact) mass is 342 g/mol. The zero-order valence-corrected chi connectivity index (χ0v) is 14.4. The fourth-order valence-electron chi connectivity index (χ4n) is 2.89. The van der Waals surface area contributed by atoms with Crippen LogP contribution in [-0.4, -0.2) is 27.2 Å². The number of unbranched alkanes of at least 4 members (excludes halogenated alkanes) is 3. The van der Waals surface area contributed by atoms with Crippen LogP contribution in [0.1, 0.15) is 54.4 Å². The second-order valence-electron chi connectivity index (χ2n) is 6.42. The van der Waals surface area contributed by atoms with Crippen LogP contribution in [-0.2, 0) is 6.42 Å². The van der Waals surface area contributed by atoms with Gasteiger partial charge in [-0.2, -0.15) is 0 Å². The molecule has 1 atom stereocenters. The number of Topliss-reactive ketones (excluding diaryl/α,β-unsaturated/α-hetero) is 1. The van der Waals surface area contributed by atoms with Crippen LogP contribution in [0.2, 0.25) is 0 Å². The predicted molar refractivity (Wildman–Crippen MR) is 98.0 cm³/mol. The average Bonchev–Trinajstić information content (AvgIpc) is 2.58. The minimum absolute atomic E-state index is 0.0116. The fourth-order valence-corrected chi connectivity index (χ4v) is 2.89. The third kappa shape index (κ3) is 6.59. The number of phenolic OH excluding ortho intramolecular Hbond substituents is 2. The maximum Gasteiger partial charge on any atom is 0.169 e. The van der Waals surface area contributed by atoms with Crippen molar-refractivity contribution in [1.82, 2.24) is 0 Å². The van der Waals surface area contributed by atoms with E-state index in [1.807, 2.05) is 6.07 Å². The first-order chi connectivity index (χ1) is 12.1. The Bertz CT molecular complexity index is 667. The quantitative estimate of drug-likeness (QED) is 0.446. The minimum Gasteiger partial charge on any atom is -0.508 e. The van der Waals surface area contributed by atoms with Crippen molar-refractivity contribution >= 4 is 5.78 Å². The minimum atomic E-state index is -0.699. The first kappa shape index (κ1) is 19.0. The summed E-state index contributed by atoms with van der Waals surface area (Å²) in [5, 5.41) is 28.9. The lowest BCUT2D eigenvalue weighted by Crippen LogP contribution is -2.13. The van der Waals surface area contributed by atoms with Crippen LogP contribution in [0.15, 0.2) is 48.5 Å². The van der Waals surface area contributed by atoms with Crippen LogP contribution in [0, 0.1) is 0 Å². The number of aliphatic hydroxyl groups is 1. The highest BCUT2D eigenvalue weighted by atomic mass is 16.3. The van der Waals surface area contributed by atoms with Gasteiger partial charge in [0.2, 0.25) is 0 Å². The summed E-state index contributed by atoms with van der Waals surface area (Å²) in [7, 11) is 0.